The Labute approximate surface area is 153 Å². The molecule has 0 aromatic carbocycles. The van der Waals surface area contributed by atoms with Crippen molar-refractivity contribution in [3.8, 4) is 0 Å². The SMILES string of the molecule is CC1([C@H]2CC[C@H]3[C@@H]4CC[C@]56CC5CC[C@]6(C)[C@H]4CC[C@]23C)OCCO1. The summed E-state index contributed by atoms with van der Waals surface area (Å²) in [6.07, 6.45) is 13.4. The zero-order valence-corrected chi connectivity index (χ0v) is 16.5. The van der Waals surface area contributed by atoms with Crippen molar-refractivity contribution in [2.45, 2.75) is 84.3 Å². The van der Waals surface area contributed by atoms with E-state index in [1.807, 2.05) is 0 Å². The molecule has 0 aromatic heterocycles. The van der Waals surface area contributed by atoms with Crippen molar-refractivity contribution in [2.24, 2.45) is 45.8 Å². The Morgan fingerprint density at radius 2 is 1.56 bits per heavy atom. The Balaban J connectivity index is 1.33. The van der Waals surface area contributed by atoms with Gasteiger partial charge in [-0.3, -0.25) is 0 Å². The Hall–Kier alpha value is -0.0800. The molecule has 6 aliphatic rings. The van der Waals surface area contributed by atoms with Gasteiger partial charge in [-0.25, -0.2) is 0 Å². The van der Waals surface area contributed by atoms with E-state index in [-0.39, 0.29) is 5.79 Å². The predicted molar refractivity (Wildman–Crippen MR) is 98.0 cm³/mol. The summed E-state index contributed by atoms with van der Waals surface area (Å²) in [5.74, 6) is 4.35. The highest BCUT2D eigenvalue weighted by Crippen LogP contribution is 2.82. The summed E-state index contributed by atoms with van der Waals surface area (Å²) in [6, 6.07) is 0. The molecule has 1 saturated heterocycles. The molecule has 1 spiro atoms. The van der Waals surface area contributed by atoms with Gasteiger partial charge in [0.05, 0.1) is 13.2 Å². The summed E-state index contributed by atoms with van der Waals surface area (Å²) in [4.78, 5) is 0. The Bertz CT molecular complexity index is 595. The number of hydrogen-bond donors (Lipinski definition) is 0. The number of ether oxygens (including phenoxy) is 2. The highest BCUT2D eigenvalue weighted by Gasteiger charge is 2.74. The molecule has 5 saturated carbocycles. The van der Waals surface area contributed by atoms with Gasteiger partial charge in [0.15, 0.2) is 5.79 Å². The second kappa shape index (κ2) is 4.66. The van der Waals surface area contributed by atoms with Gasteiger partial charge in [0.2, 0.25) is 0 Å². The fraction of sp³-hybridized carbons (Fsp3) is 1.00. The molecule has 6 rings (SSSR count). The van der Waals surface area contributed by atoms with Crippen LogP contribution in [-0.4, -0.2) is 19.0 Å². The van der Waals surface area contributed by atoms with Gasteiger partial charge in [-0.05, 0) is 105 Å². The fourth-order valence-electron chi connectivity index (χ4n) is 9.83. The Kier molecular flexibility index (Phi) is 2.97. The molecular weight excluding hydrogens is 308 g/mol. The van der Waals surface area contributed by atoms with Crippen LogP contribution in [0.5, 0.6) is 0 Å². The summed E-state index contributed by atoms with van der Waals surface area (Å²) >= 11 is 0. The zero-order valence-electron chi connectivity index (χ0n) is 16.5. The lowest BCUT2D eigenvalue weighted by Crippen LogP contribution is -2.54. The van der Waals surface area contributed by atoms with E-state index in [1.54, 1.807) is 19.3 Å². The highest BCUT2D eigenvalue weighted by molar-refractivity contribution is 5.22. The number of rotatable bonds is 1. The molecule has 25 heavy (non-hydrogen) atoms. The average molecular weight is 345 g/mol. The van der Waals surface area contributed by atoms with Crippen LogP contribution in [0, 0.1) is 45.8 Å². The molecule has 0 bridgehead atoms. The van der Waals surface area contributed by atoms with E-state index >= 15 is 0 Å². The van der Waals surface area contributed by atoms with Gasteiger partial charge in [0.25, 0.3) is 0 Å². The van der Waals surface area contributed by atoms with Gasteiger partial charge < -0.3 is 9.47 Å². The quantitative estimate of drug-likeness (QED) is 0.633. The molecule has 0 N–H and O–H groups in total. The van der Waals surface area contributed by atoms with Gasteiger partial charge >= 0.3 is 0 Å². The first-order valence-electron chi connectivity index (χ1n) is 11.2. The molecule has 2 nitrogen and oxygen atoms in total. The lowest BCUT2D eigenvalue weighted by Gasteiger charge is -2.59. The molecule has 1 heterocycles. The van der Waals surface area contributed by atoms with Crippen LogP contribution >= 0.6 is 0 Å². The maximum absolute atomic E-state index is 6.16. The van der Waals surface area contributed by atoms with Gasteiger partial charge in [-0.15, -0.1) is 0 Å². The third kappa shape index (κ3) is 1.71. The number of fused-ring (bicyclic) bond motifs is 4. The second-order valence-corrected chi connectivity index (χ2v) is 11.3. The molecule has 0 aromatic rings. The molecule has 5 aliphatic carbocycles. The van der Waals surface area contributed by atoms with Crippen molar-refractivity contribution in [1.82, 2.24) is 0 Å². The number of hydrogen-bond acceptors (Lipinski definition) is 2. The van der Waals surface area contributed by atoms with Crippen molar-refractivity contribution in [3.63, 3.8) is 0 Å². The van der Waals surface area contributed by atoms with Gasteiger partial charge in [0, 0.05) is 5.92 Å². The van der Waals surface area contributed by atoms with E-state index < -0.39 is 0 Å². The standard InChI is InChI=1S/C23H36O2/c1-20-9-8-18-16(7-11-23-14-15(23)6-10-21(18,23)2)17(20)4-5-19(20)22(3)24-12-13-25-22/h15-19H,4-14H2,1-3H3/t15?,16-,17-,18-,19-,20-,21+,23-/m0/s1. The van der Waals surface area contributed by atoms with Crippen molar-refractivity contribution in [2.75, 3.05) is 13.2 Å². The van der Waals surface area contributed by atoms with Crippen LogP contribution in [0.25, 0.3) is 0 Å². The zero-order chi connectivity index (χ0) is 17.1. The first-order chi connectivity index (χ1) is 11.9. The fourth-order valence-corrected chi connectivity index (χ4v) is 9.83. The third-order valence-corrected chi connectivity index (χ3v) is 11.1. The molecular formula is C23H36O2. The minimum atomic E-state index is -0.301. The van der Waals surface area contributed by atoms with Gasteiger partial charge in [-0.1, -0.05) is 13.8 Å². The summed E-state index contributed by atoms with van der Waals surface area (Å²) in [7, 11) is 0. The maximum atomic E-state index is 6.16. The van der Waals surface area contributed by atoms with Crippen LogP contribution < -0.4 is 0 Å². The predicted octanol–water partition coefficient (Wildman–Crippen LogP) is 5.41. The lowest BCUT2D eigenvalue weighted by molar-refractivity contribution is -0.217. The van der Waals surface area contributed by atoms with Crippen LogP contribution in [0.1, 0.15) is 78.6 Å². The van der Waals surface area contributed by atoms with E-state index in [4.69, 9.17) is 9.47 Å². The Morgan fingerprint density at radius 3 is 2.32 bits per heavy atom. The van der Waals surface area contributed by atoms with Crippen molar-refractivity contribution in [1.29, 1.82) is 0 Å². The highest BCUT2D eigenvalue weighted by atomic mass is 16.7. The largest absolute Gasteiger partial charge is 0.348 e. The first kappa shape index (κ1) is 15.9. The van der Waals surface area contributed by atoms with Crippen LogP contribution in [0.15, 0.2) is 0 Å². The smallest absolute Gasteiger partial charge is 0.169 e. The van der Waals surface area contributed by atoms with Crippen LogP contribution in [0.2, 0.25) is 0 Å². The van der Waals surface area contributed by atoms with Gasteiger partial charge in [0.1, 0.15) is 0 Å². The molecule has 6 fully saturated rings. The van der Waals surface area contributed by atoms with Crippen LogP contribution in [-0.2, 0) is 9.47 Å². The monoisotopic (exact) mass is 344 g/mol. The molecule has 0 amide bonds. The van der Waals surface area contributed by atoms with Crippen molar-refractivity contribution >= 4 is 0 Å². The maximum Gasteiger partial charge on any atom is 0.169 e. The molecule has 1 aliphatic heterocycles. The molecule has 1 unspecified atom stereocenters. The van der Waals surface area contributed by atoms with E-state index in [9.17, 15) is 0 Å². The minimum absolute atomic E-state index is 0.301. The minimum Gasteiger partial charge on any atom is -0.348 e. The van der Waals surface area contributed by atoms with E-state index in [2.05, 4.69) is 20.8 Å². The van der Waals surface area contributed by atoms with E-state index in [0.29, 0.717) is 16.7 Å². The topological polar surface area (TPSA) is 18.5 Å². The van der Waals surface area contributed by atoms with Crippen LogP contribution in [0.4, 0.5) is 0 Å². The van der Waals surface area contributed by atoms with E-state index in [0.717, 1.165) is 42.3 Å². The van der Waals surface area contributed by atoms with Crippen molar-refractivity contribution in [3.05, 3.63) is 0 Å². The molecule has 8 atom stereocenters. The molecule has 140 valence electrons. The summed E-state index contributed by atoms with van der Waals surface area (Å²) in [6.45, 7) is 9.16. The van der Waals surface area contributed by atoms with Crippen molar-refractivity contribution < 1.29 is 9.47 Å². The third-order valence-electron chi connectivity index (χ3n) is 11.1. The first-order valence-corrected chi connectivity index (χ1v) is 11.2. The lowest BCUT2D eigenvalue weighted by atomic mass is 9.46. The summed E-state index contributed by atoms with van der Waals surface area (Å²) in [5.41, 5.74) is 1.93. The average Bonchev–Trinajstić information content (AvgIpc) is 2.85. The second-order valence-electron chi connectivity index (χ2n) is 11.3. The summed E-state index contributed by atoms with van der Waals surface area (Å²) < 4.78 is 12.3. The summed E-state index contributed by atoms with van der Waals surface area (Å²) in [5, 5.41) is 0. The Morgan fingerprint density at radius 1 is 0.760 bits per heavy atom. The van der Waals surface area contributed by atoms with Crippen LogP contribution in [0.3, 0.4) is 0 Å². The normalized spacial score (nSPS) is 61.3. The molecule has 2 heteroatoms. The van der Waals surface area contributed by atoms with E-state index in [1.165, 1.54) is 38.5 Å². The molecule has 0 radical (unpaired) electrons. The van der Waals surface area contributed by atoms with Gasteiger partial charge in [-0.2, -0.15) is 0 Å².